The summed E-state index contributed by atoms with van der Waals surface area (Å²) in [5, 5.41) is 6.58. The first kappa shape index (κ1) is 18.4. The number of nitrogens with one attached hydrogen (secondary N) is 3. The molecule has 0 spiro atoms. The Hall–Kier alpha value is -1.67. The molecule has 0 aromatic heterocycles. The maximum absolute atomic E-state index is 12.4. The van der Waals surface area contributed by atoms with E-state index < -0.39 is 18.1 Å². The van der Waals surface area contributed by atoms with Crippen LogP contribution >= 0.6 is 0 Å². The number of amides is 3. The van der Waals surface area contributed by atoms with Crippen LogP contribution < -0.4 is 21.8 Å². The van der Waals surface area contributed by atoms with Crippen LogP contribution in [0.1, 0.15) is 33.6 Å². The molecule has 1 fully saturated rings. The maximum Gasteiger partial charge on any atom is 0.258 e. The van der Waals surface area contributed by atoms with Crippen LogP contribution in [0.4, 0.5) is 0 Å². The summed E-state index contributed by atoms with van der Waals surface area (Å²) in [6, 6.07) is -1.78. The minimum atomic E-state index is -0.701. The standard InChI is InChI=1S/C14H27N5O3/c1-8(2)11(15)13(21)17-9(3)14(22)19-7-5-6-10(18-19)12(20)16-4/h8-11,18H,5-7,15H2,1-4H3,(H,16,20)(H,17,21)/t9-,10-,11?/m0/s1. The lowest BCUT2D eigenvalue weighted by Gasteiger charge is -2.34. The second kappa shape index (κ2) is 8.09. The van der Waals surface area contributed by atoms with Crippen molar-refractivity contribution >= 4 is 17.7 Å². The Kier molecular flexibility index (Phi) is 6.76. The summed E-state index contributed by atoms with van der Waals surface area (Å²) in [6.45, 7) is 5.80. The molecular formula is C14H27N5O3. The lowest BCUT2D eigenvalue weighted by molar-refractivity contribution is -0.143. The van der Waals surface area contributed by atoms with Crippen LogP contribution in [0.25, 0.3) is 0 Å². The van der Waals surface area contributed by atoms with Crippen LogP contribution in [-0.2, 0) is 14.4 Å². The van der Waals surface area contributed by atoms with E-state index in [-0.39, 0.29) is 23.6 Å². The summed E-state index contributed by atoms with van der Waals surface area (Å²) in [5.74, 6) is -0.794. The molecule has 0 aromatic rings. The zero-order valence-corrected chi connectivity index (χ0v) is 13.7. The first-order valence-electron chi connectivity index (χ1n) is 7.63. The fourth-order valence-corrected chi connectivity index (χ4v) is 2.22. The van der Waals surface area contributed by atoms with E-state index in [1.165, 1.54) is 5.01 Å². The van der Waals surface area contributed by atoms with Gasteiger partial charge in [0.15, 0.2) is 0 Å². The third-order valence-electron chi connectivity index (χ3n) is 3.77. The van der Waals surface area contributed by atoms with Crippen molar-refractivity contribution in [2.45, 2.75) is 51.7 Å². The number of rotatable bonds is 5. The fraction of sp³-hybridized carbons (Fsp3) is 0.786. The zero-order chi connectivity index (χ0) is 16.9. The Bertz CT molecular complexity index is 427. The summed E-state index contributed by atoms with van der Waals surface area (Å²) < 4.78 is 0. The number of nitrogens with two attached hydrogens (primary N) is 1. The number of hydrogen-bond acceptors (Lipinski definition) is 5. The lowest BCUT2D eigenvalue weighted by atomic mass is 10.0. The van der Waals surface area contributed by atoms with Gasteiger partial charge in [-0.2, -0.15) is 0 Å². The van der Waals surface area contributed by atoms with Gasteiger partial charge in [-0.15, -0.1) is 0 Å². The molecule has 5 N–H and O–H groups in total. The normalized spacial score (nSPS) is 21.2. The molecule has 126 valence electrons. The third-order valence-corrected chi connectivity index (χ3v) is 3.77. The highest BCUT2D eigenvalue weighted by Gasteiger charge is 2.30. The van der Waals surface area contributed by atoms with Crippen molar-refractivity contribution in [2.75, 3.05) is 13.6 Å². The number of carbonyl (C=O) groups excluding carboxylic acids is 3. The van der Waals surface area contributed by atoms with Gasteiger partial charge in [0.05, 0.1) is 6.04 Å². The summed E-state index contributed by atoms with van der Waals surface area (Å²) >= 11 is 0. The SMILES string of the molecule is CNC(=O)[C@@H]1CCCN(C(=O)[C@H](C)NC(=O)C(N)C(C)C)N1. The van der Waals surface area contributed by atoms with Gasteiger partial charge in [0.1, 0.15) is 12.1 Å². The van der Waals surface area contributed by atoms with Crippen LogP contribution in [-0.4, -0.2) is 54.4 Å². The van der Waals surface area contributed by atoms with Gasteiger partial charge in [0, 0.05) is 13.6 Å². The van der Waals surface area contributed by atoms with E-state index in [0.29, 0.717) is 13.0 Å². The van der Waals surface area contributed by atoms with Gasteiger partial charge in [-0.05, 0) is 25.7 Å². The topological polar surface area (TPSA) is 117 Å². The summed E-state index contributed by atoms with van der Waals surface area (Å²) in [4.78, 5) is 35.9. The average molecular weight is 313 g/mol. The molecule has 3 amide bonds. The van der Waals surface area contributed by atoms with Gasteiger partial charge in [-0.3, -0.25) is 19.4 Å². The predicted molar refractivity (Wildman–Crippen MR) is 82.4 cm³/mol. The van der Waals surface area contributed by atoms with Crippen LogP contribution in [0.2, 0.25) is 0 Å². The molecule has 1 aliphatic rings. The van der Waals surface area contributed by atoms with Gasteiger partial charge < -0.3 is 16.4 Å². The fourth-order valence-electron chi connectivity index (χ4n) is 2.22. The highest BCUT2D eigenvalue weighted by atomic mass is 16.2. The van der Waals surface area contributed by atoms with Gasteiger partial charge >= 0.3 is 0 Å². The maximum atomic E-state index is 12.4. The number of likely N-dealkylation sites (N-methyl/N-ethyl adjacent to an activating group) is 1. The molecule has 0 aromatic carbocycles. The first-order valence-corrected chi connectivity index (χ1v) is 7.63. The van der Waals surface area contributed by atoms with Crippen molar-refractivity contribution in [3.63, 3.8) is 0 Å². The second-order valence-corrected chi connectivity index (χ2v) is 5.93. The largest absolute Gasteiger partial charge is 0.358 e. The molecule has 1 rings (SSSR count). The minimum Gasteiger partial charge on any atom is -0.358 e. The number of nitrogens with zero attached hydrogens (tertiary/aromatic N) is 1. The zero-order valence-electron chi connectivity index (χ0n) is 13.7. The molecule has 3 atom stereocenters. The smallest absolute Gasteiger partial charge is 0.258 e. The molecule has 1 aliphatic heterocycles. The van der Waals surface area contributed by atoms with Gasteiger partial charge in [0.2, 0.25) is 11.8 Å². The van der Waals surface area contributed by atoms with E-state index >= 15 is 0 Å². The predicted octanol–water partition coefficient (Wildman–Crippen LogP) is -1.28. The van der Waals surface area contributed by atoms with Crippen molar-refractivity contribution in [3.05, 3.63) is 0 Å². The Balaban J connectivity index is 2.59. The average Bonchev–Trinajstić information content (AvgIpc) is 2.52. The minimum absolute atomic E-state index is 0.00644. The summed E-state index contributed by atoms with van der Waals surface area (Å²) in [5.41, 5.74) is 8.66. The second-order valence-electron chi connectivity index (χ2n) is 5.93. The van der Waals surface area contributed by atoms with Gasteiger partial charge in [-0.1, -0.05) is 13.8 Å². The highest BCUT2D eigenvalue weighted by Crippen LogP contribution is 2.09. The molecule has 0 saturated carbocycles. The first-order chi connectivity index (χ1) is 10.3. The number of hydrazine groups is 1. The van der Waals surface area contributed by atoms with E-state index in [9.17, 15) is 14.4 Å². The lowest BCUT2D eigenvalue weighted by Crippen LogP contribution is -2.61. The Morgan fingerprint density at radius 2 is 1.91 bits per heavy atom. The van der Waals surface area contributed by atoms with Gasteiger partial charge in [0.25, 0.3) is 5.91 Å². The molecule has 0 bridgehead atoms. The van der Waals surface area contributed by atoms with Crippen molar-refractivity contribution in [2.24, 2.45) is 11.7 Å². The molecule has 8 nitrogen and oxygen atoms in total. The highest BCUT2D eigenvalue weighted by molar-refractivity contribution is 5.90. The van der Waals surface area contributed by atoms with Crippen molar-refractivity contribution in [1.29, 1.82) is 0 Å². The summed E-state index contributed by atoms with van der Waals surface area (Å²) in [7, 11) is 1.56. The van der Waals surface area contributed by atoms with E-state index in [4.69, 9.17) is 5.73 Å². The number of carbonyl (C=O) groups is 3. The molecule has 1 unspecified atom stereocenters. The Labute approximate surface area is 131 Å². The molecular weight excluding hydrogens is 286 g/mol. The molecule has 8 heteroatoms. The van der Waals surface area contributed by atoms with Crippen molar-refractivity contribution < 1.29 is 14.4 Å². The van der Waals surface area contributed by atoms with Crippen LogP contribution in [0.15, 0.2) is 0 Å². The van der Waals surface area contributed by atoms with Crippen molar-refractivity contribution in [1.82, 2.24) is 21.1 Å². The van der Waals surface area contributed by atoms with Gasteiger partial charge in [-0.25, -0.2) is 5.43 Å². The molecule has 22 heavy (non-hydrogen) atoms. The van der Waals surface area contributed by atoms with Crippen molar-refractivity contribution in [3.8, 4) is 0 Å². The Morgan fingerprint density at radius 3 is 2.45 bits per heavy atom. The van der Waals surface area contributed by atoms with Crippen LogP contribution in [0.5, 0.6) is 0 Å². The number of hydrogen-bond donors (Lipinski definition) is 4. The molecule has 0 radical (unpaired) electrons. The van der Waals surface area contributed by atoms with E-state index in [1.807, 2.05) is 13.8 Å². The third kappa shape index (κ3) is 4.67. The van der Waals surface area contributed by atoms with E-state index in [0.717, 1.165) is 6.42 Å². The van der Waals surface area contributed by atoms with Crippen LogP contribution in [0.3, 0.4) is 0 Å². The molecule has 1 saturated heterocycles. The Morgan fingerprint density at radius 1 is 1.27 bits per heavy atom. The molecule has 1 heterocycles. The van der Waals surface area contributed by atoms with E-state index in [2.05, 4.69) is 16.1 Å². The van der Waals surface area contributed by atoms with Crippen LogP contribution in [0, 0.1) is 5.92 Å². The quantitative estimate of drug-likeness (QED) is 0.504. The summed E-state index contributed by atoms with van der Waals surface area (Å²) in [6.07, 6.45) is 1.39. The molecule has 0 aliphatic carbocycles. The monoisotopic (exact) mass is 313 g/mol. The van der Waals surface area contributed by atoms with E-state index in [1.54, 1.807) is 14.0 Å².